The lowest BCUT2D eigenvalue weighted by Gasteiger charge is -2.15. The highest BCUT2D eigenvalue weighted by Gasteiger charge is 2.12. The monoisotopic (exact) mass is 486 g/mol. The first-order valence-corrected chi connectivity index (χ1v) is 10.9. The van der Waals surface area contributed by atoms with Crippen LogP contribution in [0.15, 0.2) is 66.7 Å². The molecule has 9 heteroatoms. The van der Waals surface area contributed by atoms with Crippen LogP contribution < -0.4 is 14.9 Å². The predicted molar refractivity (Wildman–Crippen MR) is 130 cm³/mol. The highest BCUT2D eigenvalue weighted by molar-refractivity contribution is 7.71. The maximum absolute atomic E-state index is 6.23. The average Bonchev–Trinajstić information content (AvgIpc) is 3.18. The van der Waals surface area contributed by atoms with Gasteiger partial charge in [0.2, 0.25) is 4.77 Å². The number of hydrogen-bond donors (Lipinski definition) is 2. The average molecular weight is 487 g/mol. The van der Waals surface area contributed by atoms with Crippen molar-refractivity contribution in [1.82, 2.24) is 14.9 Å². The van der Waals surface area contributed by atoms with Gasteiger partial charge < -0.3 is 14.9 Å². The van der Waals surface area contributed by atoms with Gasteiger partial charge in [-0.2, -0.15) is 5.10 Å². The van der Waals surface area contributed by atoms with Gasteiger partial charge in [0.05, 0.1) is 13.7 Å². The Hall–Kier alpha value is -3.00. The summed E-state index contributed by atoms with van der Waals surface area (Å²) in [6.45, 7) is 0.734. The zero-order valence-corrected chi connectivity index (χ0v) is 19.5. The molecule has 164 valence electrons. The molecule has 0 bridgehead atoms. The van der Waals surface area contributed by atoms with E-state index in [1.807, 2.05) is 48.5 Å². The summed E-state index contributed by atoms with van der Waals surface area (Å²) in [6, 6.07) is 20.9. The number of ether oxygens (including phenoxy) is 2. The summed E-state index contributed by atoms with van der Waals surface area (Å²) in [7, 11) is 1.60. The topological polar surface area (TPSA) is 64.1 Å². The van der Waals surface area contributed by atoms with Crippen LogP contribution in [-0.2, 0) is 13.2 Å². The maximum Gasteiger partial charge on any atom is 0.214 e. The summed E-state index contributed by atoms with van der Waals surface area (Å²) in [5.74, 6) is 1.91. The van der Waals surface area contributed by atoms with E-state index < -0.39 is 0 Å². The number of nitrogens with zero attached hydrogens (tertiary/aromatic N) is 2. The lowest BCUT2D eigenvalue weighted by molar-refractivity contribution is 0.284. The predicted octanol–water partition coefficient (Wildman–Crippen LogP) is 6.25. The molecule has 0 saturated carbocycles. The van der Waals surface area contributed by atoms with Gasteiger partial charge >= 0.3 is 0 Å². The van der Waals surface area contributed by atoms with Crippen LogP contribution in [0.3, 0.4) is 0 Å². The number of H-pyrrole nitrogens is 1. The minimum absolute atomic E-state index is 0.233. The van der Waals surface area contributed by atoms with E-state index in [0.717, 1.165) is 16.7 Å². The van der Waals surface area contributed by atoms with Crippen molar-refractivity contribution < 1.29 is 9.47 Å². The summed E-state index contributed by atoms with van der Waals surface area (Å²) < 4.78 is 13.7. The summed E-state index contributed by atoms with van der Waals surface area (Å²) in [4.78, 5) is 0. The SMILES string of the molecule is COc1cc(CNn2c(-c3ccccc3)n[nH]c2=S)ccc1OCc1c(Cl)cccc1Cl. The van der Waals surface area contributed by atoms with Crippen LogP contribution in [0.4, 0.5) is 0 Å². The molecule has 0 spiro atoms. The minimum atomic E-state index is 0.233. The molecule has 3 aromatic carbocycles. The Bertz CT molecular complexity index is 1250. The molecule has 1 aromatic heterocycles. The van der Waals surface area contributed by atoms with Crippen molar-refractivity contribution in [2.75, 3.05) is 12.5 Å². The molecular weight excluding hydrogens is 467 g/mol. The van der Waals surface area contributed by atoms with Crippen molar-refractivity contribution in [2.45, 2.75) is 13.2 Å². The molecule has 4 aromatic rings. The Morgan fingerprint density at radius 3 is 2.47 bits per heavy atom. The van der Waals surface area contributed by atoms with Crippen molar-refractivity contribution >= 4 is 35.4 Å². The first-order valence-electron chi connectivity index (χ1n) is 9.76. The summed E-state index contributed by atoms with van der Waals surface area (Å²) in [5.41, 5.74) is 5.97. The van der Waals surface area contributed by atoms with Crippen LogP contribution in [0.1, 0.15) is 11.1 Å². The highest BCUT2D eigenvalue weighted by atomic mass is 35.5. The molecule has 0 unspecified atom stereocenters. The van der Waals surface area contributed by atoms with E-state index >= 15 is 0 Å². The van der Waals surface area contributed by atoms with Crippen LogP contribution in [0.2, 0.25) is 10.0 Å². The second-order valence-electron chi connectivity index (χ2n) is 6.86. The summed E-state index contributed by atoms with van der Waals surface area (Å²) >= 11 is 17.8. The van der Waals surface area contributed by atoms with Crippen LogP contribution in [-0.4, -0.2) is 22.0 Å². The fourth-order valence-corrected chi connectivity index (χ4v) is 3.86. The molecule has 4 rings (SSSR count). The molecule has 2 N–H and O–H groups in total. The zero-order chi connectivity index (χ0) is 22.5. The molecule has 6 nitrogen and oxygen atoms in total. The van der Waals surface area contributed by atoms with Crippen molar-refractivity contribution in [1.29, 1.82) is 0 Å². The molecule has 0 aliphatic carbocycles. The summed E-state index contributed by atoms with van der Waals surface area (Å²) in [5, 5.41) is 8.28. The molecule has 0 radical (unpaired) electrons. The molecule has 0 aliphatic rings. The third kappa shape index (κ3) is 4.91. The van der Waals surface area contributed by atoms with Gasteiger partial charge in [-0.15, -0.1) is 0 Å². The number of aromatic amines is 1. The highest BCUT2D eigenvalue weighted by Crippen LogP contribution is 2.31. The quantitative estimate of drug-likeness (QED) is 0.288. The summed E-state index contributed by atoms with van der Waals surface area (Å²) in [6.07, 6.45) is 0. The van der Waals surface area contributed by atoms with Gasteiger partial charge in [-0.3, -0.25) is 0 Å². The Morgan fingerprint density at radius 2 is 1.75 bits per heavy atom. The molecule has 1 heterocycles. The number of rotatable bonds is 8. The number of methoxy groups -OCH3 is 1. The third-order valence-electron chi connectivity index (χ3n) is 4.81. The molecule has 0 atom stereocenters. The van der Waals surface area contributed by atoms with Gasteiger partial charge in [0.1, 0.15) is 6.61 Å². The van der Waals surface area contributed by atoms with Crippen molar-refractivity contribution in [3.05, 3.63) is 92.7 Å². The van der Waals surface area contributed by atoms with E-state index in [1.165, 1.54) is 0 Å². The van der Waals surface area contributed by atoms with E-state index in [9.17, 15) is 0 Å². The molecule has 32 heavy (non-hydrogen) atoms. The largest absolute Gasteiger partial charge is 0.493 e. The van der Waals surface area contributed by atoms with Gasteiger partial charge in [0.25, 0.3) is 0 Å². The smallest absolute Gasteiger partial charge is 0.214 e. The van der Waals surface area contributed by atoms with Crippen molar-refractivity contribution in [3.8, 4) is 22.9 Å². The van der Waals surface area contributed by atoms with Gasteiger partial charge in [-0.05, 0) is 42.0 Å². The van der Waals surface area contributed by atoms with Crippen LogP contribution in [0, 0.1) is 4.77 Å². The second kappa shape index (κ2) is 10.1. The zero-order valence-electron chi connectivity index (χ0n) is 17.1. The van der Waals surface area contributed by atoms with Crippen LogP contribution in [0.25, 0.3) is 11.4 Å². The van der Waals surface area contributed by atoms with Crippen molar-refractivity contribution in [3.63, 3.8) is 0 Å². The van der Waals surface area contributed by atoms with Crippen LogP contribution in [0.5, 0.6) is 11.5 Å². The Labute approximate surface area is 200 Å². The van der Waals surface area contributed by atoms with E-state index in [1.54, 1.807) is 30.0 Å². The van der Waals surface area contributed by atoms with E-state index in [0.29, 0.717) is 38.7 Å². The normalized spacial score (nSPS) is 10.7. The standard InChI is InChI=1S/C23H20Cl2N4O2S/c1-30-21-12-15(10-11-20(21)31-14-17-18(24)8-5-9-19(17)25)13-26-29-22(27-28-23(29)32)16-6-3-2-4-7-16/h2-12,26H,13-14H2,1H3,(H,28,32). The first kappa shape index (κ1) is 22.2. The van der Waals surface area contributed by atoms with Gasteiger partial charge in [-0.1, -0.05) is 65.7 Å². The maximum atomic E-state index is 6.23. The van der Waals surface area contributed by atoms with Gasteiger partial charge in [0, 0.05) is 21.2 Å². The molecule has 0 saturated heterocycles. The van der Waals surface area contributed by atoms with Gasteiger partial charge in [0.15, 0.2) is 17.3 Å². The molecular formula is C23H20Cl2N4O2S. The number of nitrogens with one attached hydrogen (secondary N) is 2. The Morgan fingerprint density at radius 1 is 1.00 bits per heavy atom. The van der Waals surface area contributed by atoms with Crippen LogP contribution >= 0.6 is 35.4 Å². The molecule has 0 aliphatic heterocycles. The number of benzene rings is 3. The second-order valence-corrected chi connectivity index (χ2v) is 8.06. The lowest BCUT2D eigenvalue weighted by atomic mass is 10.2. The fraction of sp³-hybridized carbons (Fsp3) is 0.130. The number of halogens is 2. The van der Waals surface area contributed by atoms with E-state index in [4.69, 9.17) is 44.9 Å². The number of hydrogen-bond acceptors (Lipinski definition) is 5. The van der Waals surface area contributed by atoms with E-state index in [-0.39, 0.29) is 6.61 Å². The molecule has 0 amide bonds. The van der Waals surface area contributed by atoms with Crippen molar-refractivity contribution in [2.24, 2.45) is 0 Å². The first-order chi connectivity index (χ1) is 15.6. The molecule has 0 fully saturated rings. The Kier molecular flexibility index (Phi) is 6.99. The minimum Gasteiger partial charge on any atom is -0.493 e. The van der Waals surface area contributed by atoms with Gasteiger partial charge in [-0.25, -0.2) is 9.77 Å². The number of aromatic nitrogens is 3. The van der Waals surface area contributed by atoms with E-state index in [2.05, 4.69) is 15.6 Å². The Balaban J connectivity index is 1.48. The fourth-order valence-electron chi connectivity index (χ4n) is 3.16. The lowest BCUT2D eigenvalue weighted by Crippen LogP contribution is -2.16. The third-order valence-corrected chi connectivity index (χ3v) is 5.79.